The van der Waals surface area contributed by atoms with Crippen LogP contribution in [0.25, 0.3) is 0 Å². The maximum absolute atomic E-state index is 12.6. The number of hydrogen-bond acceptors (Lipinski definition) is 2. The fraction of sp³-hybridized carbons (Fsp3) is 0.273. The number of alkyl halides is 1. The van der Waals surface area contributed by atoms with Crippen LogP contribution in [0.3, 0.4) is 0 Å². The second kappa shape index (κ2) is 6.20. The van der Waals surface area contributed by atoms with Crippen LogP contribution in [0.4, 0.5) is 4.39 Å². The Hall–Kier alpha value is -1.62. The molecule has 0 saturated heterocycles. The first-order valence-electron chi connectivity index (χ1n) is 4.85. The molecular weight excluding hydrogens is 249 g/mol. The molecule has 0 aliphatic carbocycles. The molecule has 0 aromatic heterocycles. The van der Waals surface area contributed by atoms with Crippen LogP contribution in [0.15, 0.2) is 24.3 Å². The van der Waals surface area contributed by atoms with E-state index in [0.29, 0.717) is 5.56 Å². The van der Waals surface area contributed by atoms with Crippen molar-refractivity contribution in [1.29, 1.82) is 0 Å². The molecule has 92 valence electrons. The lowest BCUT2D eigenvalue weighted by Crippen LogP contribution is -2.42. The highest BCUT2D eigenvalue weighted by Crippen LogP contribution is 2.06. The van der Waals surface area contributed by atoms with Gasteiger partial charge in [-0.3, -0.25) is 4.79 Å². The number of hydrogen-bond donors (Lipinski definition) is 2. The normalized spacial score (nSPS) is 11.9. The van der Waals surface area contributed by atoms with E-state index in [4.69, 9.17) is 16.7 Å². The van der Waals surface area contributed by atoms with Crippen molar-refractivity contribution in [2.75, 3.05) is 5.88 Å². The summed E-state index contributed by atoms with van der Waals surface area (Å²) in [5, 5.41) is 11.2. The minimum atomic E-state index is -1.16. The standard InChI is InChI=1S/C11H11ClFNO3/c12-6-10(15)14-9(11(16)17)5-7-1-3-8(13)4-2-7/h1-4,9H,5-6H2,(H,14,15)(H,16,17). The largest absolute Gasteiger partial charge is 0.480 e. The van der Waals surface area contributed by atoms with Crippen molar-refractivity contribution in [2.45, 2.75) is 12.5 Å². The molecule has 0 heterocycles. The molecule has 17 heavy (non-hydrogen) atoms. The molecule has 2 N–H and O–H groups in total. The third-order valence-corrected chi connectivity index (χ3v) is 2.35. The Labute approximate surface area is 102 Å². The van der Waals surface area contributed by atoms with Gasteiger partial charge in [0.2, 0.25) is 5.91 Å². The van der Waals surface area contributed by atoms with Gasteiger partial charge in [-0.15, -0.1) is 11.6 Å². The number of rotatable bonds is 5. The van der Waals surface area contributed by atoms with Gasteiger partial charge in [-0.1, -0.05) is 12.1 Å². The number of carbonyl (C=O) groups is 2. The molecule has 6 heteroatoms. The van der Waals surface area contributed by atoms with Crippen LogP contribution in [0.2, 0.25) is 0 Å². The first-order chi connectivity index (χ1) is 8.02. The highest BCUT2D eigenvalue weighted by Gasteiger charge is 2.19. The predicted molar refractivity (Wildman–Crippen MR) is 60.4 cm³/mol. The van der Waals surface area contributed by atoms with Crippen molar-refractivity contribution in [3.63, 3.8) is 0 Å². The van der Waals surface area contributed by atoms with Crippen LogP contribution < -0.4 is 5.32 Å². The zero-order chi connectivity index (χ0) is 12.8. The van der Waals surface area contributed by atoms with E-state index in [-0.39, 0.29) is 12.3 Å². The van der Waals surface area contributed by atoms with Crippen molar-refractivity contribution in [2.24, 2.45) is 0 Å². The van der Waals surface area contributed by atoms with Crippen molar-refractivity contribution >= 4 is 23.5 Å². The van der Waals surface area contributed by atoms with Gasteiger partial charge in [-0.2, -0.15) is 0 Å². The lowest BCUT2D eigenvalue weighted by Gasteiger charge is -2.13. The SMILES string of the molecule is O=C(CCl)NC(Cc1ccc(F)cc1)C(=O)O. The molecule has 0 aliphatic heterocycles. The summed E-state index contributed by atoms with van der Waals surface area (Å²) < 4.78 is 12.6. The Balaban J connectivity index is 2.70. The lowest BCUT2D eigenvalue weighted by molar-refractivity contribution is -0.141. The van der Waals surface area contributed by atoms with Gasteiger partial charge in [0.05, 0.1) is 0 Å². The van der Waals surface area contributed by atoms with E-state index < -0.39 is 23.7 Å². The molecule has 1 rings (SSSR count). The van der Waals surface area contributed by atoms with Crippen molar-refractivity contribution < 1.29 is 19.1 Å². The van der Waals surface area contributed by atoms with Crippen molar-refractivity contribution in [3.8, 4) is 0 Å². The number of carboxylic acids is 1. The molecule has 0 bridgehead atoms. The van der Waals surface area contributed by atoms with Crippen LogP contribution in [0, 0.1) is 5.82 Å². The topological polar surface area (TPSA) is 66.4 Å². The predicted octanol–water partition coefficient (Wildman–Crippen LogP) is 1.18. The molecule has 1 amide bonds. The minimum Gasteiger partial charge on any atom is -0.480 e. The highest BCUT2D eigenvalue weighted by molar-refractivity contribution is 6.27. The first kappa shape index (κ1) is 13.4. The van der Waals surface area contributed by atoms with Gasteiger partial charge in [0.15, 0.2) is 0 Å². The van der Waals surface area contributed by atoms with E-state index >= 15 is 0 Å². The zero-order valence-corrected chi connectivity index (χ0v) is 9.58. The fourth-order valence-corrected chi connectivity index (χ4v) is 1.37. The molecule has 0 radical (unpaired) electrons. The minimum absolute atomic E-state index is 0.0816. The number of amides is 1. The Morgan fingerprint density at radius 2 is 1.94 bits per heavy atom. The third kappa shape index (κ3) is 4.40. The summed E-state index contributed by atoms with van der Waals surface area (Å²) in [5.74, 6) is -2.41. The van der Waals surface area contributed by atoms with Crippen LogP contribution in [0.5, 0.6) is 0 Å². The summed E-state index contributed by atoms with van der Waals surface area (Å²) in [6.07, 6.45) is 0.0816. The van der Waals surface area contributed by atoms with Gasteiger partial charge in [0, 0.05) is 6.42 Å². The summed E-state index contributed by atoms with van der Waals surface area (Å²) in [5.41, 5.74) is 0.619. The highest BCUT2D eigenvalue weighted by atomic mass is 35.5. The second-order valence-corrected chi connectivity index (χ2v) is 3.69. The average Bonchev–Trinajstić information content (AvgIpc) is 2.30. The number of carbonyl (C=O) groups excluding carboxylic acids is 1. The van der Waals surface area contributed by atoms with Crippen LogP contribution in [-0.4, -0.2) is 28.9 Å². The van der Waals surface area contributed by atoms with E-state index in [1.165, 1.54) is 24.3 Å². The fourth-order valence-electron chi connectivity index (χ4n) is 1.29. The molecule has 0 fully saturated rings. The Kier molecular flexibility index (Phi) is 4.90. The Bertz CT molecular complexity index is 408. The molecule has 0 saturated carbocycles. The number of carboxylic acid groups (broad SMARTS) is 1. The maximum Gasteiger partial charge on any atom is 0.326 e. The second-order valence-electron chi connectivity index (χ2n) is 3.42. The van der Waals surface area contributed by atoms with Gasteiger partial charge in [0.1, 0.15) is 17.7 Å². The van der Waals surface area contributed by atoms with E-state index in [1.807, 2.05) is 0 Å². The molecule has 1 aromatic carbocycles. The van der Waals surface area contributed by atoms with Gasteiger partial charge < -0.3 is 10.4 Å². The van der Waals surface area contributed by atoms with Gasteiger partial charge >= 0.3 is 5.97 Å². The summed E-state index contributed by atoms with van der Waals surface area (Å²) in [7, 11) is 0. The number of aliphatic carboxylic acids is 1. The molecule has 0 spiro atoms. The van der Waals surface area contributed by atoms with E-state index in [9.17, 15) is 14.0 Å². The summed E-state index contributed by atoms with van der Waals surface area (Å²) in [4.78, 5) is 21.9. The monoisotopic (exact) mass is 259 g/mol. The maximum atomic E-state index is 12.6. The first-order valence-corrected chi connectivity index (χ1v) is 5.39. The quantitative estimate of drug-likeness (QED) is 0.781. The van der Waals surface area contributed by atoms with E-state index in [2.05, 4.69) is 5.32 Å². The average molecular weight is 260 g/mol. The Morgan fingerprint density at radius 3 is 2.41 bits per heavy atom. The van der Waals surface area contributed by atoms with Crippen molar-refractivity contribution in [1.82, 2.24) is 5.32 Å². The number of benzene rings is 1. The molecule has 0 aliphatic rings. The molecule has 1 atom stereocenters. The molecule has 4 nitrogen and oxygen atoms in total. The number of nitrogens with one attached hydrogen (secondary N) is 1. The van der Waals surface area contributed by atoms with Gasteiger partial charge in [-0.05, 0) is 17.7 Å². The molecule has 1 aromatic rings. The summed E-state index contributed by atoms with van der Waals surface area (Å²) >= 11 is 5.27. The zero-order valence-electron chi connectivity index (χ0n) is 8.82. The van der Waals surface area contributed by atoms with Crippen LogP contribution in [-0.2, 0) is 16.0 Å². The number of halogens is 2. The lowest BCUT2D eigenvalue weighted by atomic mass is 10.1. The van der Waals surface area contributed by atoms with Gasteiger partial charge in [-0.25, -0.2) is 9.18 Å². The van der Waals surface area contributed by atoms with Crippen molar-refractivity contribution in [3.05, 3.63) is 35.6 Å². The van der Waals surface area contributed by atoms with Crippen LogP contribution >= 0.6 is 11.6 Å². The molecular formula is C11H11ClFNO3. The van der Waals surface area contributed by atoms with Gasteiger partial charge in [0.25, 0.3) is 0 Å². The summed E-state index contributed by atoms with van der Waals surface area (Å²) in [6, 6.07) is 4.34. The third-order valence-electron chi connectivity index (χ3n) is 2.11. The summed E-state index contributed by atoms with van der Waals surface area (Å²) in [6.45, 7) is 0. The smallest absolute Gasteiger partial charge is 0.326 e. The van der Waals surface area contributed by atoms with E-state index in [0.717, 1.165) is 0 Å². The molecule has 1 unspecified atom stereocenters. The van der Waals surface area contributed by atoms with Crippen LogP contribution in [0.1, 0.15) is 5.56 Å². The Morgan fingerprint density at radius 1 is 1.35 bits per heavy atom. The van der Waals surface area contributed by atoms with E-state index in [1.54, 1.807) is 0 Å².